The molecule has 0 spiro atoms. The topological polar surface area (TPSA) is 44.5 Å². The Kier molecular flexibility index (Phi) is 4.00. The normalized spacial score (nSPS) is 13.1. The number of hydrogen-bond donors (Lipinski definition) is 1. The maximum Gasteiger partial charge on any atom is 0.222 e. The molecule has 0 saturated heterocycles. The molecule has 0 aliphatic heterocycles. The molecule has 3 heteroatoms. The van der Waals surface area contributed by atoms with Crippen LogP contribution in [0, 0.1) is 0 Å². The van der Waals surface area contributed by atoms with Gasteiger partial charge in [-0.3, -0.25) is 5.73 Å². The Bertz CT molecular complexity index is 98.7. The smallest absolute Gasteiger partial charge is 0.222 e. The van der Waals surface area contributed by atoms with Gasteiger partial charge in [-0.1, -0.05) is 0 Å². The summed E-state index contributed by atoms with van der Waals surface area (Å²) in [5.74, 6) is -0.956. The fourth-order valence-electron chi connectivity index (χ4n) is 0.964. The minimum atomic E-state index is -0.956. The summed E-state index contributed by atoms with van der Waals surface area (Å²) < 4.78 is 10.6. The fraction of sp³-hybridized carbons (Fsp3) is 1.00. The van der Waals surface area contributed by atoms with Crippen LogP contribution >= 0.6 is 0 Å². The Morgan fingerprint density at radius 3 is 1.45 bits per heavy atom. The van der Waals surface area contributed by atoms with Crippen molar-refractivity contribution in [2.45, 2.75) is 52.7 Å². The Balaban J connectivity index is 3.79. The predicted molar refractivity (Wildman–Crippen MR) is 45.0 cm³/mol. The van der Waals surface area contributed by atoms with Crippen molar-refractivity contribution in [1.29, 1.82) is 0 Å². The van der Waals surface area contributed by atoms with Crippen molar-refractivity contribution < 1.29 is 9.47 Å². The van der Waals surface area contributed by atoms with E-state index in [0.29, 0.717) is 0 Å². The van der Waals surface area contributed by atoms with Crippen LogP contribution in [0.2, 0.25) is 0 Å². The third-order valence-electron chi connectivity index (χ3n) is 0.939. The zero-order valence-electron chi connectivity index (χ0n) is 8.05. The van der Waals surface area contributed by atoms with Gasteiger partial charge in [-0.2, -0.15) is 0 Å². The molecule has 11 heavy (non-hydrogen) atoms. The summed E-state index contributed by atoms with van der Waals surface area (Å²) in [4.78, 5) is 0. The standard InChI is InChI=1S/C8H19NO2/c1-6(2)10-8(5,9)11-7(3)4/h6-7H,9H2,1-5H3. The van der Waals surface area contributed by atoms with Crippen molar-refractivity contribution in [3.63, 3.8) is 0 Å². The molecule has 0 aromatic heterocycles. The molecule has 68 valence electrons. The Morgan fingerprint density at radius 2 is 1.27 bits per heavy atom. The van der Waals surface area contributed by atoms with Crippen LogP contribution in [0.5, 0.6) is 0 Å². The van der Waals surface area contributed by atoms with Crippen molar-refractivity contribution in [3.8, 4) is 0 Å². The SMILES string of the molecule is CC(C)OC(C)(N)OC(C)C. The number of rotatable bonds is 4. The van der Waals surface area contributed by atoms with Gasteiger partial charge in [-0.25, -0.2) is 0 Å². The molecule has 0 rings (SSSR count). The lowest BCUT2D eigenvalue weighted by Gasteiger charge is -2.29. The highest BCUT2D eigenvalue weighted by Crippen LogP contribution is 2.10. The van der Waals surface area contributed by atoms with Crippen LogP contribution in [0.15, 0.2) is 0 Å². The second-order valence-electron chi connectivity index (χ2n) is 3.35. The van der Waals surface area contributed by atoms with Crippen molar-refractivity contribution in [3.05, 3.63) is 0 Å². The lowest BCUT2D eigenvalue weighted by molar-refractivity contribution is -0.254. The summed E-state index contributed by atoms with van der Waals surface area (Å²) in [6, 6.07) is 0. The maximum absolute atomic E-state index is 5.67. The van der Waals surface area contributed by atoms with E-state index in [1.165, 1.54) is 0 Å². The summed E-state index contributed by atoms with van der Waals surface area (Å²) in [5, 5.41) is 0. The molecule has 0 amide bonds. The molecular weight excluding hydrogens is 142 g/mol. The van der Waals surface area contributed by atoms with Gasteiger partial charge < -0.3 is 9.47 Å². The molecule has 2 N–H and O–H groups in total. The first-order valence-corrected chi connectivity index (χ1v) is 3.98. The van der Waals surface area contributed by atoms with E-state index in [9.17, 15) is 0 Å². The third kappa shape index (κ3) is 6.28. The van der Waals surface area contributed by atoms with Gasteiger partial charge in [-0.15, -0.1) is 0 Å². The quantitative estimate of drug-likeness (QED) is 0.635. The zero-order chi connectivity index (χ0) is 9.07. The Hall–Kier alpha value is -0.120. The number of hydrogen-bond acceptors (Lipinski definition) is 3. The van der Waals surface area contributed by atoms with Crippen LogP contribution in [0.4, 0.5) is 0 Å². The molecule has 0 aromatic carbocycles. The van der Waals surface area contributed by atoms with Crippen molar-refractivity contribution in [2.75, 3.05) is 0 Å². The second kappa shape index (κ2) is 4.04. The van der Waals surface area contributed by atoms with Gasteiger partial charge in [0, 0.05) is 6.92 Å². The van der Waals surface area contributed by atoms with Gasteiger partial charge in [0.2, 0.25) is 5.91 Å². The minimum absolute atomic E-state index is 0.0868. The van der Waals surface area contributed by atoms with Crippen molar-refractivity contribution in [1.82, 2.24) is 0 Å². The third-order valence-corrected chi connectivity index (χ3v) is 0.939. The van der Waals surface area contributed by atoms with Crippen LogP contribution in [0.25, 0.3) is 0 Å². The van der Waals surface area contributed by atoms with Crippen LogP contribution in [-0.4, -0.2) is 18.1 Å². The van der Waals surface area contributed by atoms with Gasteiger partial charge in [0.05, 0.1) is 12.2 Å². The average Bonchev–Trinajstić information content (AvgIpc) is 1.53. The first-order valence-electron chi connectivity index (χ1n) is 3.98. The van der Waals surface area contributed by atoms with Gasteiger partial charge in [0.25, 0.3) is 0 Å². The fourth-order valence-corrected chi connectivity index (χ4v) is 0.964. The Labute approximate surface area is 68.9 Å². The first-order chi connectivity index (χ1) is 4.83. The van der Waals surface area contributed by atoms with Crippen LogP contribution in [-0.2, 0) is 9.47 Å². The molecule has 0 aliphatic rings. The van der Waals surface area contributed by atoms with Crippen molar-refractivity contribution in [2.24, 2.45) is 5.73 Å². The lowest BCUT2D eigenvalue weighted by atomic mass is 10.4. The molecule has 0 aromatic rings. The molecular formula is C8H19NO2. The number of nitrogens with two attached hydrogens (primary N) is 1. The largest absolute Gasteiger partial charge is 0.335 e. The molecule has 0 aliphatic carbocycles. The average molecular weight is 161 g/mol. The van der Waals surface area contributed by atoms with Crippen LogP contribution in [0.1, 0.15) is 34.6 Å². The number of ether oxygens (including phenoxy) is 2. The van der Waals surface area contributed by atoms with Gasteiger partial charge in [-0.05, 0) is 27.7 Å². The van der Waals surface area contributed by atoms with Gasteiger partial charge >= 0.3 is 0 Å². The van der Waals surface area contributed by atoms with E-state index in [1.54, 1.807) is 6.92 Å². The molecule has 3 nitrogen and oxygen atoms in total. The van der Waals surface area contributed by atoms with E-state index >= 15 is 0 Å². The summed E-state index contributed by atoms with van der Waals surface area (Å²) in [5.41, 5.74) is 5.67. The van der Waals surface area contributed by atoms with E-state index in [0.717, 1.165) is 0 Å². The molecule has 0 saturated carbocycles. The summed E-state index contributed by atoms with van der Waals surface area (Å²) in [6.07, 6.45) is 0.174. The van der Waals surface area contributed by atoms with Crippen LogP contribution < -0.4 is 5.73 Å². The maximum atomic E-state index is 5.67. The molecule has 0 heterocycles. The molecule has 0 atom stereocenters. The highest BCUT2D eigenvalue weighted by Gasteiger charge is 2.22. The summed E-state index contributed by atoms with van der Waals surface area (Å²) >= 11 is 0. The molecule has 0 radical (unpaired) electrons. The predicted octanol–water partition coefficient (Wildman–Crippen LogP) is 1.47. The van der Waals surface area contributed by atoms with Crippen LogP contribution in [0.3, 0.4) is 0 Å². The van der Waals surface area contributed by atoms with Crippen molar-refractivity contribution >= 4 is 0 Å². The first kappa shape index (κ1) is 10.9. The van der Waals surface area contributed by atoms with Gasteiger partial charge in [0.15, 0.2) is 0 Å². The van der Waals surface area contributed by atoms with E-state index in [-0.39, 0.29) is 12.2 Å². The second-order valence-corrected chi connectivity index (χ2v) is 3.35. The lowest BCUT2D eigenvalue weighted by Crippen LogP contribution is -2.45. The minimum Gasteiger partial charge on any atom is -0.335 e. The molecule has 0 unspecified atom stereocenters. The highest BCUT2D eigenvalue weighted by atomic mass is 16.7. The monoisotopic (exact) mass is 161 g/mol. The summed E-state index contributed by atoms with van der Waals surface area (Å²) in [7, 11) is 0. The highest BCUT2D eigenvalue weighted by molar-refractivity contribution is 4.55. The molecule has 0 bridgehead atoms. The van der Waals surface area contributed by atoms with Gasteiger partial charge in [0.1, 0.15) is 0 Å². The van der Waals surface area contributed by atoms with E-state index in [1.807, 2.05) is 27.7 Å². The zero-order valence-corrected chi connectivity index (χ0v) is 8.05. The van der Waals surface area contributed by atoms with E-state index in [4.69, 9.17) is 15.2 Å². The van der Waals surface area contributed by atoms with E-state index < -0.39 is 5.91 Å². The Morgan fingerprint density at radius 1 is 1.00 bits per heavy atom. The molecule has 0 fully saturated rings. The summed E-state index contributed by atoms with van der Waals surface area (Å²) in [6.45, 7) is 9.42. The van der Waals surface area contributed by atoms with E-state index in [2.05, 4.69) is 0 Å².